The van der Waals surface area contributed by atoms with Crippen LogP contribution in [0.1, 0.15) is 59.8 Å². The zero-order chi connectivity index (χ0) is 27.5. The van der Waals surface area contributed by atoms with Gasteiger partial charge in [0.1, 0.15) is 11.7 Å². The van der Waals surface area contributed by atoms with Gasteiger partial charge in [-0.2, -0.15) is 13.2 Å². The number of halogens is 3. The van der Waals surface area contributed by atoms with Crippen LogP contribution in [-0.4, -0.2) is 72.2 Å². The van der Waals surface area contributed by atoms with Gasteiger partial charge in [0.05, 0.1) is 23.8 Å². The number of likely N-dealkylation sites (tertiary alicyclic amines) is 1. The highest BCUT2D eigenvalue weighted by molar-refractivity contribution is 5.96. The lowest BCUT2D eigenvalue weighted by Gasteiger charge is -2.31. The fourth-order valence-corrected chi connectivity index (χ4v) is 5.90. The summed E-state index contributed by atoms with van der Waals surface area (Å²) in [6.07, 6.45) is 1.41. The minimum absolute atomic E-state index is 0.158. The molecule has 2 N–H and O–H groups in total. The molecule has 4 atom stereocenters. The molecule has 0 bridgehead atoms. The van der Waals surface area contributed by atoms with Crippen LogP contribution in [0.5, 0.6) is 0 Å². The summed E-state index contributed by atoms with van der Waals surface area (Å²) >= 11 is 0. The topological polar surface area (TPSA) is 92.8 Å². The van der Waals surface area contributed by atoms with Crippen LogP contribution in [0.25, 0.3) is 0 Å². The largest absolute Gasteiger partial charge is 0.416 e. The number of amides is 2. The minimum atomic E-state index is -4.56. The standard InChI is InChI=1S/C28H33F3N4O4/c29-28(30,31)20-6-3-5-19(15-20)26(37)33-16-25(36)34-24-17-35(21-7-4-13-38-14-10-21)18-27(24)11-9-23(39-27)22-8-1-2-12-32-22/h1-3,5-6,8,12,15,21,23-24H,4,7,9-11,13-14,16-18H2,(H,33,37)(H,34,36)/t21?,23?,24?,27-/m0/s1. The Morgan fingerprint density at radius 1 is 1.10 bits per heavy atom. The second-order valence-corrected chi connectivity index (χ2v) is 10.5. The number of ether oxygens (including phenoxy) is 2. The smallest absolute Gasteiger partial charge is 0.381 e. The molecule has 3 aliphatic rings. The van der Waals surface area contributed by atoms with Crippen molar-refractivity contribution in [1.29, 1.82) is 0 Å². The molecule has 2 aromatic rings. The van der Waals surface area contributed by atoms with E-state index >= 15 is 0 Å². The molecule has 8 nitrogen and oxygen atoms in total. The van der Waals surface area contributed by atoms with Crippen molar-refractivity contribution >= 4 is 11.8 Å². The van der Waals surface area contributed by atoms with Crippen molar-refractivity contribution in [2.24, 2.45) is 0 Å². The Morgan fingerprint density at radius 3 is 2.77 bits per heavy atom. The van der Waals surface area contributed by atoms with E-state index in [2.05, 4.69) is 20.5 Å². The number of aromatic nitrogens is 1. The fourth-order valence-electron chi connectivity index (χ4n) is 5.90. The van der Waals surface area contributed by atoms with E-state index in [4.69, 9.17) is 9.47 Å². The number of rotatable bonds is 6. The number of alkyl halides is 3. The normalized spacial score (nSPS) is 27.8. The van der Waals surface area contributed by atoms with Gasteiger partial charge < -0.3 is 20.1 Å². The summed E-state index contributed by atoms with van der Waals surface area (Å²) in [5.74, 6) is -1.17. The summed E-state index contributed by atoms with van der Waals surface area (Å²) in [5, 5.41) is 5.51. The summed E-state index contributed by atoms with van der Waals surface area (Å²) in [6, 6.07) is 9.86. The maximum Gasteiger partial charge on any atom is 0.416 e. The number of carbonyl (C=O) groups is 2. The third-order valence-corrected chi connectivity index (χ3v) is 7.88. The average molecular weight is 547 g/mol. The van der Waals surface area contributed by atoms with E-state index in [-0.39, 0.29) is 24.3 Å². The molecule has 210 valence electrons. The Morgan fingerprint density at radius 2 is 1.97 bits per heavy atom. The van der Waals surface area contributed by atoms with Gasteiger partial charge in [-0.05, 0) is 62.4 Å². The molecule has 1 aromatic carbocycles. The van der Waals surface area contributed by atoms with Crippen LogP contribution in [0.15, 0.2) is 48.7 Å². The molecule has 3 unspecified atom stereocenters. The maximum atomic E-state index is 13.0. The first-order valence-electron chi connectivity index (χ1n) is 13.4. The first-order chi connectivity index (χ1) is 18.7. The van der Waals surface area contributed by atoms with Crippen LogP contribution in [-0.2, 0) is 20.4 Å². The fraction of sp³-hybridized carbons (Fsp3) is 0.536. The van der Waals surface area contributed by atoms with Crippen molar-refractivity contribution < 1.29 is 32.2 Å². The van der Waals surface area contributed by atoms with Crippen molar-refractivity contribution in [1.82, 2.24) is 20.5 Å². The van der Waals surface area contributed by atoms with Crippen LogP contribution in [0.4, 0.5) is 13.2 Å². The van der Waals surface area contributed by atoms with Crippen molar-refractivity contribution in [3.05, 3.63) is 65.5 Å². The number of pyridine rings is 1. The highest BCUT2D eigenvalue weighted by Crippen LogP contribution is 2.45. The predicted octanol–water partition coefficient (Wildman–Crippen LogP) is 3.49. The number of hydrogen-bond acceptors (Lipinski definition) is 6. The average Bonchev–Trinajstić information content (AvgIpc) is 3.39. The number of hydrogen-bond donors (Lipinski definition) is 2. The lowest BCUT2D eigenvalue weighted by molar-refractivity contribution is -0.137. The Kier molecular flexibility index (Phi) is 8.20. The molecule has 3 fully saturated rings. The van der Waals surface area contributed by atoms with E-state index in [1.54, 1.807) is 6.20 Å². The number of nitrogens with one attached hydrogen (secondary N) is 2. The Hall–Kier alpha value is -3.02. The van der Waals surface area contributed by atoms with Crippen LogP contribution < -0.4 is 10.6 Å². The van der Waals surface area contributed by atoms with Gasteiger partial charge in [0.2, 0.25) is 5.91 Å². The molecule has 3 saturated heterocycles. The number of benzene rings is 1. The third-order valence-electron chi connectivity index (χ3n) is 7.88. The summed E-state index contributed by atoms with van der Waals surface area (Å²) < 4.78 is 51.4. The summed E-state index contributed by atoms with van der Waals surface area (Å²) in [7, 11) is 0. The van der Waals surface area contributed by atoms with Gasteiger partial charge >= 0.3 is 6.18 Å². The molecule has 11 heteroatoms. The summed E-state index contributed by atoms with van der Waals surface area (Å²) in [4.78, 5) is 32.3. The van der Waals surface area contributed by atoms with Gasteiger partial charge in [-0.1, -0.05) is 12.1 Å². The van der Waals surface area contributed by atoms with Crippen molar-refractivity contribution in [3.63, 3.8) is 0 Å². The summed E-state index contributed by atoms with van der Waals surface area (Å²) in [5.41, 5.74) is -0.823. The van der Waals surface area contributed by atoms with Crippen LogP contribution >= 0.6 is 0 Å². The van der Waals surface area contributed by atoms with E-state index < -0.39 is 29.2 Å². The second-order valence-electron chi connectivity index (χ2n) is 10.5. The molecule has 0 saturated carbocycles. The molecule has 4 heterocycles. The monoisotopic (exact) mass is 546 g/mol. The number of nitrogens with zero attached hydrogens (tertiary/aromatic N) is 2. The predicted molar refractivity (Wildman–Crippen MR) is 136 cm³/mol. The Balaban J connectivity index is 1.25. The molecular weight excluding hydrogens is 513 g/mol. The minimum Gasteiger partial charge on any atom is -0.381 e. The first-order valence-corrected chi connectivity index (χ1v) is 13.4. The van der Waals surface area contributed by atoms with Gasteiger partial charge in [-0.15, -0.1) is 0 Å². The van der Waals surface area contributed by atoms with Crippen LogP contribution in [0.2, 0.25) is 0 Å². The quantitative estimate of drug-likeness (QED) is 0.577. The van der Waals surface area contributed by atoms with E-state index in [0.29, 0.717) is 25.7 Å². The molecular formula is C28H33F3N4O4. The zero-order valence-corrected chi connectivity index (χ0v) is 21.6. The van der Waals surface area contributed by atoms with Crippen molar-refractivity contribution in [2.45, 2.75) is 62.1 Å². The molecule has 0 radical (unpaired) electrons. The first kappa shape index (κ1) is 27.5. The number of carbonyl (C=O) groups excluding carboxylic acids is 2. The molecule has 5 rings (SSSR count). The lowest BCUT2D eigenvalue weighted by Crippen LogP contribution is -2.53. The molecule has 39 heavy (non-hydrogen) atoms. The molecule has 1 aromatic heterocycles. The Bertz CT molecular complexity index is 1160. The highest BCUT2D eigenvalue weighted by Gasteiger charge is 2.54. The Labute approximate surface area is 225 Å². The second kappa shape index (κ2) is 11.6. The molecule has 3 aliphatic heterocycles. The molecule has 0 aliphatic carbocycles. The van der Waals surface area contributed by atoms with E-state index in [1.807, 2.05) is 18.2 Å². The van der Waals surface area contributed by atoms with Gasteiger partial charge in [0, 0.05) is 44.1 Å². The van der Waals surface area contributed by atoms with E-state index in [0.717, 1.165) is 56.5 Å². The lowest BCUT2D eigenvalue weighted by atomic mass is 9.93. The third kappa shape index (κ3) is 6.42. The van der Waals surface area contributed by atoms with Crippen molar-refractivity contribution in [2.75, 3.05) is 32.8 Å². The maximum absolute atomic E-state index is 13.0. The zero-order valence-electron chi connectivity index (χ0n) is 21.6. The molecule has 1 spiro atoms. The van der Waals surface area contributed by atoms with Gasteiger partial charge in [-0.25, -0.2) is 0 Å². The van der Waals surface area contributed by atoms with Crippen molar-refractivity contribution in [3.8, 4) is 0 Å². The SMILES string of the molecule is O=C(CNC(=O)c1cccc(C(F)(F)F)c1)NC1CN(C2CCCOCC2)C[C@@]12CCC(c1ccccn1)O2. The summed E-state index contributed by atoms with van der Waals surface area (Å²) in [6.45, 7) is 2.36. The van der Waals surface area contributed by atoms with E-state index in [1.165, 1.54) is 12.1 Å². The van der Waals surface area contributed by atoms with Gasteiger partial charge in [0.15, 0.2) is 0 Å². The molecule has 2 amide bonds. The highest BCUT2D eigenvalue weighted by atomic mass is 19.4. The van der Waals surface area contributed by atoms with E-state index in [9.17, 15) is 22.8 Å². The van der Waals surface area contributed by atoms with Gasteiger partial charge in [-0.3, -0.25) is 19.5 Å². The van der Waals surface area contributed by atoms with Gasteiger partial charge in [0.25, 0.3) is 5.91 Å². The van der Waals surface area contributed by atoms with Crippen LogP contribution in [0, 0.1) is 0 Å². The van der Waals surface area contributed by atoms with Crippen LogP contribution in [0.3, 0.4) is 0 Å².